The summed E-state index contributed by atoms with van der Waals surface area (Å²) in [5.74, 6) is 0.363. The fourth-order valence-electron chi connectivity index (χ4n) is 0.937. The summed E-state index contributed by atoms with van der Waals surface area (Å²) in [6.07, 6.45) is 0. The largest absolute Gasteiger partial charge is 0.325 e. The summed E-state index contributed by atoms with van der Waals surface area (Å²) in [7, 11) is 1.73. The van der Waals surface area contributed by atoms with E-state index in [4.69, 9.17) is 11.5 Å². The van der Waals surface area contributed by atoms with E-state index in [9.17, 15) is 4.79 Å². The monoisotopic (exact) mass is 183 g/mol. The quantitative estimate of drug-likeness (QED) is 0.546. The minimum Gasteiger partial charge on any atom is -0.325 e. The second-order valence-electron chi connectivity index (χ2n) is 2.60. The smallest absolute Gasteiger partial charge is 0.239 e. The van der Waals surface area contributed by atoms with E-state index >= 15 is 0 Å². The molecule has 0 aromatic carbocycles. The average molecular weight is 183 g/mol. The molecule has 0 fully saturated rings. The number of nitrogens with two attached hydrogens (primary N) is 2. The molecule has 0 aliphatic carbocycles. The summed E-state index contributed by atoms with van der Waals surface area (Å²) >= 11 is 0. The fourth-order valence-corrected chi connectivity index (χ4v) is 0.937. The first-order valence-electron chi connectivity index (χ1n) is 3.90. The van der Waals surface area contributed by atoms with Crippen LogP contribution in [0.15, 0.2) is 6.07 Å². The number of rotatable bonds is 3. The van der Waals surface area contributed by atoms with Gasteiger partial charge in [-0.2, -0.15) is 5.10 Å². The Hall–Kier alpha value is -1.40. The summed E-state index contributed by atoms with van der Waals surface area (Å²) < 4.78 is 1.55. The van der Waals surface area contributed by atoms with Gasteiger partial charge in [-0.25, -0.2) is 0 Å². The van der Waals surface area contributed by atoms with E-state index in [1.54, 1.807) is 17.8 Å². The first kappa shape index (κ1) is 9.69. The average Bonchev–Trinajstić information content (AvgIpc) is 2.47. The second-order valence-corrected chi connectivity index (χ2v) is 2.60. The van der Waals surface area contributed by atoms with Gasteiger partial charge in [-0.05, 0) is 0 Å². The fraction of sp³-hybridized carbons (Fsp3) is 0.429. The van der Waals surface area contributed by atoms with Crippen molar-refractivity contribution in [2.45, 2.75) is 6.54 Å². The van der Waals surface area contributed by atoms with Gasteiger partial charge in [0, 0.05) is 19.7 Å². The molecule has 0 bridgehead atoms. The maximum absolute atomic E-state index is 10.9. The molecule has 0 radical (unpaired) electrons. The summed E-state index contributed by atoms with van der Waals surface area (Å²) in [6.45, 7) is 0.315. The van der Waals surface area contributed by atoms with Crippen molar-refractivity contribution >= 4 is 11.7 Å². The number of amides is 1. The molecule has 0 saturated heterocycles. The van der Waals surface area contributed by atoms with Crippen LogP contribution in [0.4, 0.5) is 5.82 Å². The Balaban J connectivity index is 2.76. The van der Waals surface area contributed by atoms with E-state index in [1.165, 1.54) is 0 Å². The normalized spacial score (nSPS) is 10.1. The molecule has 0 spiro atoms. The molecule has 0 saturated carbocycles. The highest BCUT2D eigenvalue weighted by molar-refractivity contribution is 5.91. The molecule has 0 aliphatic heterocycles. The summed E-state index contributed by atoms with van der Waals surface area (Å²) in [6, 6.07) is 1.72. The van der Waals surface area contributed by atoms with Crippen LogP contribution in [0.1, 0.15) is 5.69 Å². The Morgan fingerprint density at radius 3 is 2.85 bits per heavy atom. The van der Waals surface area contributed by atoms with Gasteiger partial charge < -0.3 is 16.8 Å². The third-order valence-electron chi connectivity index (χ3n) is 1.59. The van der Waals surface area contributed by atoms with Crippen molar-refractivity contribution < 1.29 is 4.79 Å². The minimum absolute atomic E-state index is 0.0386. The number of anilines is 1. The zero-order chi connectivity index (χ0) is 9.84. The molecule has 1 amide bonds. The van der Waals surface area contributed by atoms with Gasteiger partial charge in [0.2, 0.25) is 5.91 Å². The minimum atomic E-state index is -0.244. The maximum Gasteiger partial charge on any atom is 0.239 e. The van der Waals surface area contributed by atoms with Crippen molar-refractivity contribution in [3.05, 3.63) is 11.8 Å². The van der Waals surface area contributed by atoms with E-state index in [0.717, 1.165) is 5.69 Å². The van der Waals surface area contributed by atoms with Gasteiger partial charge in [-0.3, -0.25) is 9.48 Å². The van der Waals surface area contributed by atoms with Crippen LogP contribution >= 0.6 is 0 Å². The van der Waals surface area contributed by atoms with E-state index < -0.39 is 0 Å². The molecule has 6 heteroatoms. The number of aromatic nitrogens is 2. The standard InChI is InChI=1S/C7H13N5O/c1-12-6(10-7(13)4-9)2-5(3-8)11-12/h2H,3-4,8-9H2,1H3,(H,10,13). The second kappa shape index (κ2) is 4.01. The number of nitrogens with zero attached hydrogens (tertiary/aromatic N) is 2. The molecule has 1 aromatic heterocycles. The van der Waals surface area contributed by atoms with Crippen molar-refractivity contribution in [3.8, 4) is 0 Å². The van der Waals surface area contributed by atoms with Crippen LogP contribution in [0.25, 0.3) is 0 Å². The molecule has 72 valence electrons. The van der Waals surface area contributed by atoms with Crippen molar-refractivity contribution in [1.82, 2.24) is 9.78 Å². The highest BCUT2D eigenvalue weighted by atomic mass is 16.1. The molecular formula is C7H13N5O. The Bertz CT molecular complexity index is 306. The Labute approximate surface area is 75.9 Å². The predicted molar refractivity (Wildman–Crippen MR) is 48.8 cm³/mol. The molecule has 1 aromatic rings. The van der Waals surface area contributed by atoms with Gasteiger partial charge in [0.15, 0.2) is 0 Å². The van der Waals surface area contributed by atoms with Gasteiger partial charge in [-0.1, -0.05) is 0 Å². The van der Waals surface area contributed by atoms with Gasteiger partial charge in [0.05, 0.1) is 12.2 Å². The van der Waals surface area contributed by atoms with Crippen LogP contribution < -0.4 is 16.8 Å². The van der Waals surface area contributed by atoms with Crippen LogP contribution in [-0.2, 0) is 18.4 Å². The summed E-state index contributed by atoms with van der Waals surface area (Å²) in [5.41, 5.74) is 11.3. The number of aryl methyl sites for hydroxylation is 1. The molecule has 1 heterocycles. The first-order chi connectivity index (χ1) is 6.17. The number of carbonyl (C=O) groups excluding carboxylic acids is 1. The van der Waals surface area contributed by atoms with Crippen molar-refractivity contribution in [3.63, 3.8) is 0 Å². The Kier molecular flexibility index (Phi) is 2.99. The highest BCUT2D eigenvalue weighted by Gasteiger charge is 2.05. The van der Waals surface area contributed by atoms with Gasteiger partial charge in [-0.15, -0.1) is 0 Å². The lowest BCUT2D eigenvalue weighted by molar-refractivity contribution is -0.114. The number of hydrogen-bond acceptors (Lipinski definition) is 4. The number of hydrogen-bond donors (Lipinski definition) is 3. The van der Waals surface area contributed by atoms with Crippen molar-refractivity contribution in [2.24, 2.45) is 18.5 Å². The molecule has 1 rings (SSSR count). The van der Waals surface area contributed by atoms with Gasteiger partial charge >= 0.3 is 0 Å². The Morgan fingerprint density at radius 1 is 1.69 bits per heavy atom. The zero-order valence-corrected chi connectivity index (χ0v) is 7.45. The molecule has 5 N–H and O–H groups in total. The topological polar surface area (TPSA) is 99.0 Å². The summed E-state index contributed by atoms with van der Waals surface area (Å²) in [4.78, 5) is 10.9. The van der Waals surface area contributed by atoms with Crippen LogP contribution in [0.3, 0.4) is 0 Å². The number of carbonyl (C=O) groups is 1. The van der Waals surface area contributed by atoms with Crippen molar-refractivity contribution in [1.29, 1.82) is 0 Å². The maximum atomic E-state index is 10.9. The molecule has 0 atom stereocenters. The van der Waals surface area contributed by atoms with Crippen LogP contribution in [0.2, 0.25) is 0 Å². The van der Waals surface area contributed by atoms with E-state index in [2.05, 4.69) is 10.4 Å². The van der Waals surface area contributed by atoms with Crippen LogP contribution in [0.5, 0.6) is 0 Å². The molecule has 0 unspecified atom stereocenters. The van der Waals surface area contributed by atoms with Crippen molar-refractivity contribution in [2.75, 3.05) is 11.9 Å². The first-order valence-corrected chi connectivity index (χ1v) is 3.90. The van der Waals surface area contributed by atoms with E-state index in [1.807, 2.05) is 0 Å². The summed E-state index contributed by atoms with van der Waals surface area (Å²) in [5, 5.41) is 6.65. The number of nitrogens with one attached hydrogen (secondary N) is 1. The van der Waals surface area contributed by atoms with Crippen LogP contribution in [0, 0.1) is 0 Å². The molecular weight excluding hydrogens is 170 g/mol. The van der Waals surface area contributed by atoms with Gasteiger partial charge in [0.1, 0.15) is 5.82 Å². The predicted octanol–water partition coefficient (Wildman–Crippen LogP) is -1.22. The lowest BCUT2D eigenvalue weighted by Gasteiger charge is -2.01. The lowest BCUT2D eigenvalue weighted by Crippen LogP contribution is -2.23. The lowest BCUT2D eigenvalue weighted by atomic mass is 10.4. The zero-order valence-electron chi connectivity index (χ0n) is 7.45. The molecule has 0 aliphatic rings. The van der Waals surface area contributed by atoms with E-state index in [-0.39, 0.29) is 12.5 Å². The highest BCUT2D eigenvalue weighted by Crippen LogP contribution is 2.07. The molecule has 6 nitrogen and oxygen atoms in total. The molecule has 13 heavy (non-hydrogen) atoms. The third-order valence-corrected chi connectivity index (χ3v) is 1.59. The Morgan fingerprint density at radius 2 is 2.38 bits per heavy atom. The van der Waals surface area contributed by atoms with Crippen LogP contribution in [-0.4, -0.2) is 22.2 Å². The van der Waals surface area contributed by atoms with Gasteiger partial charge in [0.25, 0.3) is 0 Å². The third kappa shape index (κ3) is 2.27. The van der Waals surface area contributed by atoms with E-state index in [0.29, 0.717) is 12.4 Å². The SMILES string of the molecule is Cn1nc(CN)cc1NC(=O)CN.